The predicted molar refractivity (Wildman–Crippen MR) is 72.3 cm³/mol. The first-order valence-corrected chi connectivity index (χ1v) is 7.47. The Morgan fingerprint density at radius 1 is 0.722 bits per heavy atom. The first-order chi connectivity index (χ1) is 8.27. The monoisotopic (exact) mass is 306 g/mol. The van der Waals surface area contributed by atoms with Crippen molar-refractivity contribution in [3.8, 4) is 0 Å². The minimum Gasteiger partial charge on any atom is -0.171 e. The molecule has 0 nitrogen and oxygen atoms in total. The van der Waals surface area contributed by atoms with Crippen molar-refractivity contribution in [1.29, 1.82) is 0 Å². The molecule has 0 aromatic carbocycles. The summed E-state index contributed by atoms with van der Waals surface area (Å²) in [5.41, 5.74) is 0. The molecule has 0 aromatic rings. The van der Waals surface area contributed by atoms with Crippen molar-refractivity contribution in [2.75, 3.05) is 0 Å². The summed E-state index contributed by atoms with van der Waals surface area (Å²) in [7, 11) is 0. The van der Waals surface area contributed by atoms with Crippen LogP contribution in [0, 0.1) is 0 Å². The first-order valence-electron chi connectivity index (χ1n) is 6.71. The van der Waals surface area contributed by atoms with Gasteiger partial charge in [0.2, 0.25) is 0 Å². The highest BCUT2D eigenvalue weighted by molar-refractivity contribution is 6.48. The summed E-state index contributed by atoms with van der Waals surface area (Å²) in [4.78, 5) is 0. The van der Waals surface area contributed by atoms with E-state index in [0.717, 1.165) is 19.3 Å². The second-order valence-corrected chi connectivity index (χ2v) is 6.48. The lowest BCUT2D eigenvalue weighted by Gasteiger charge is -2.20. The fraction of sp³-hybridized carbons (Fsp3) is 1.00. The van der Waals surface area contributed by atoms with Crippen LogP contribution in [0.4, 0.5) is 13.2 Å². The maximum Gasteiger partial charge on any atom is 0.389 e. The zero-order valence-corrected chi connectivity index (χ0v) is 12.5. The summed E-state index contributed by atoms with van der Waals surface area (Å²) < 4.78 is 34.9. The largest absolute Gasteiger partial charge is 0.389 e. The molecule has 0 saturated carbocycles. The molecule has 5 heteroatoms. The molecule has 0 N–H and O–H groups in total. The van der Waals surface area contributed by atoms with Gasteiger partial charge >= 0.3 is 6.18 Å². The smallest absolute Gasteiger partial charge is 0.171 e. The quantitative estimate of drug-likeness (QED) is 0.313. The predicted octanol–water partition coefficient (Wildman–Crippen LogP) is 6.64. The number of halogens is 5. The normalized spacial score (nSPS) is 13.0. The summed E-state index contributed by atoms with van der Waals surface area (Å²) in [5.74, 6) is 0. The van der Waals surface area contributed by atoms with Crippen LogP contribution < -0.4 is 0 Å². The van der Waals surface area contributed by atoms with Crippen molar-refractivity contribution in [3.05, 3.63) is 0 Å². The molecule has 0 atom stereocenters. The Morgan fingerprint density at radius 3 is 1.72 bits per heavy atom. The summed E-state index contributed by atoms with van der Waals surface area (Å²) in [6, 6.07) is 0. The minimum atomic E-state index is -4.17. The van der Waals surface area contributed by atoms with Crippen LogP contribution in [-0.2, 0) is 0 Å². The van der Waals surface area contributed by atoms with Crippen molar-refractivity contribution >= 4 is 23.2 Å². The SMILES string of the molecule is CCCCCCCCCC(Cl)(Cl)CCC(F)(F)F. The van der Waals surface area contributed by atoms with Gasteiger partial charge < -0.3 is 0 Å². The van der Waals surface area contributed by atoms with E-state index in [1.54, 1.807) is 0 Å². The Bertz CT molecular complexity index is 203. The highest BCUT2D eigenvalue weighted by Crippen LogP contribution is 2.36. The third kappa shape index (κ3) is 12.8. The Kier molecular flexibility index (Phi) is 9.49. The number of hydrogen-bond acceptors (Lipinski definition) is 0. The van der Waals surface area contributed by atoms with Crippen LogP contribution in [0.25, 0.3) is 0 Å². The van der Waals surface area contributed by atoms with Gasteiger partial charge in [-0.15, -0.1) is 23.2 Å². The fourth-order valence-electron chi connectivity index (χ4n) is 1.79. The average molecular weight is 307 g/mol. The van der Waals surface area contributed by atoms with E-state index in [9.17, 15) is 13.2 Å². The van der Waals surface area contributed by atoms with E-state index in [1.807, 2.05) is 0 Å². The van der Waals surface area contributed by atoms with E-state index in [1.165, 1.54) is 25.7 Å². The van der Waals surface area contributed by atoms with Gasteiger partial charge in [0.1, 0.15) is 4.33 Å². The van der Waals surface area contributed by atoms with E-state index < -0.39 is 16.9 Å². The highest BCUT2D eigenvalue weighted by atomic mass is 35.5. The van der Waals surface area contributed by atoms with Gasteiger partial charge in [-0.3, -0.25) is 0 Å². The van der Waals surface area contributed by atoms with Crippen LogP contribution in [0.5, 0.6) is 0 Å². The van der Waals surface area contributed by atoms with Gasteiger partial charge in [-0.1, -0.05) is 51.9 Å². The number of unbranched alkanes of at least 4 members (excludes halogenated alkanes) is 6. The van der Waals surface area contributed by atoms with E-state index in [0.29, 0.717) is 6.42 Å². The molecule has 0 heterocycles. The third-order valence-corrected chi connectivity index (χ3v) is 3.68. The lowest BCUT2D eigenvalue weighted by molar-refractivity contribution is -0.136. The zero-order valence-electron chi connectivity index (χ0n) is 11.0. The number of hydrogen-bond donors (Lipinski definition) is 0. The zero-order chi connectivity index (χ0) is 14.1. The van der Waals surface area contributed by atoms with Crippen molar-refractivity contribution in [2.45, 2.75) is 81.6 Å². The molecule has 0 amide bonds. The van der Waals surface area contributed by atoms with Gasteiger partial charge in [-0.05, 0) is 12.8 Å². The van der Waals surface area contributed by atoms with E-state index >= 15 is 0 Å². The maximum absolute atomic E-state index is 12.0. The Balaban J connectivity index is 3.52. The molecule has 0 unspecified atom stereocenters. The van der Waals surface area contributed by atoms with E-state index in [2.05, 4.69) is 6.92 Å². The molecule has 0 rings (SSSR count). The van der Waals surface area contributed by atoms with Crippen LogP contribution in [0.3, 0.4) is 0 Å². The molecule has 0 fully saturated rings. The topological polar surface area (TPSA) is 0 Å². The standard InChI is InChI=1S/C13H23Cl2F3/c1-2-3-4-5-6-7-8-9-12(14,15)10-11-13(16,17)18/h2-11H2,1H3. The van der Waals surface area contributed by atoms with Crippen LogP contribution >= 0.6 is 23.2 Å². The van der Waals surface area contributed by atoms with Gasteiger partial charge in [0.15, 0.2) is 0 Å². The van der Waals surface area contributed by atoms with Crippen LogP contribution in [-0.4, -0.2) is 10.5 Å². The molecule has 0 radical (unpaired) electrons. The lowest BCUT2D eigenvalue weighted by Crippen LogP contribution is -2.18. The maximum atomic E-state index is 12.0. The molecule has 0 aliphatic heterocycles. The van der Waals surface area contributed by atoms with E-state index in [4.69, 9.17) is 23.2 Å². The van der Waals surface area contributed by atoms with Crippen LogP contribution in [0.15, 0.2) is 0 Å². The van der Waals surface area contributed by atoms with Gasteiger partial charge in [-0.2, -0.15) is 13.2 Å². The Hall–Kier alpha value is 0.370. The van der Waals surface area contributed by atoms with Gasteiger partial charge in [0, 0.05) is 6.42 Å². The van der Waals surface area contributed by atoms with Crippen molar-refractivity contribution < 1.29 is 13.2 Å². The number of rotatable bonds is 10. The molecule has 0 aliphatic carbocycles. The van der Waals surface area contributed by atoms with Crippen molar-refractivity contribution in [2.24, 2.45) is 0 Å². The first kappa shape index (κ1) is 18.4. The van der Waals surface area contributed by atoms with Crippen molar-refractivity contribution in [3.63, 3.8) is 0 Å². The molecular formula is C13H23Cl2F3. The second kappa shape index (κ2) is 9.30. The summed E-state index contributed by atoms with van der Waals surface area (Å²) in [5, 5.41) is 0. The van der Waals surface area contributed by atoms with Gasteiger partial charge in [0.05, 0.1) is 0 Å². The van der Waals surface area contributed by atoms with Crippen LogP contribution in [0.2, 0.25) is 0 Å². The molecule has 0 spiro atoms. The van der Waals surface area contributed by atoms with Gasteiger partial charge in [-0.25, -0.2) is 0 Å². The van der Waals surface area contributed by atoms with E-state index in [-0.39, 0.29) is 6.42 Å². The fourth-order valence-corrected chi connectivity index (χ4v) is 2.25. The highest BCUT2D eigenvalue weighted by Gasteiger charge is 2.33. The van der Waals surface area contributed by atoms with Gasteiger partial charge in [0.25, 0.3) is 0 Å². The lowest BCUT2D eigenvalue weighted by atomic mass is 10.1. The molecular weight excluding hydrogens is 284 g/mol. The molecule has 110 valence electrons. The minimum absolute atomic E-state index is 0.213. The second-order valence-electron chi connectivity index (χ2n) is 4.84. The Labute approximate surface area is 118 Å². The molecule has 0 saturated heterocycles. The summed E-state index contributed by atoms with van der Waals surface area (Å²) in [6.45, 7) is 2.16. The third-order valence-electron chi connectivity index (χ3n) is 2.92. The average Bonchev–Trinajstić information content (AvgIpc) is 2.25. The molecule has 0 aliphatic rings. The molecule has 0 bridgehead atoms. The summed E-state index contributed by atoms with van der Waals surface area (Å²) in [6.07, 6.45) is 2.95. The summed E-state index contributed by atoms with van der Waals surface area (Å²) >= 11 is 11.7. The molecule has 18 heavy (non-hydrogen) atoms. The number of alkyl halides is 5. The molecule has 0 aromatic heterocycles. The Morgan fingerprint density at radius 2 is 1.22 bits per heavy atom. The van der Waals surface area contributed by atoms with Crippen molar-refractivity contribution in [1.82, 2.24) is 0 Å². The van der Waals surface area contributed by atoms with Crippen LogP contribution in [0.1, 0.15) is 71.1 Å².